The Kier molecular flexibility index (Phi) is 3.84. The van der Waals surface area contributed by atoms with Gasteiger partial charge in [0.05, 0.1) is 25.4 Å². The minimum atomic E-state index is 0.0415. The van der Waals surface area contributed by atoms with Crippen molar-refractivity contribution < 1.29 is 4.74 Å². The van der Waals surface area contributed by atoms with Crippen LogP contribution >= 0.6 is 15.9 Å². The molecular formula is C16H16BrN3O. The van der Waals surface area contributed by atoms with Gasteiger partial charge in [0.2, 0.25) is 0 Å². The fourth-order valence-electron chi connectivity index (χ4n) is 2.62. The molecule has 21 heavy (non-hydrogen) atoms. The van der Waals surface area contributed by atoms with Crippen LogP contribution in [0.4, 0.5) is 5.69 Å². The molecule has 0 saturated carbocycles. The monoisotopic (exact) mass is 345 g/mol. The van der Waals surface area contributed by atoms with Crippen LogP contribution in [-0.4, -0.2) is 19.6 Å². The largest absolute Gasteiger partial charge is 0.496 e. The molecule has 1 aliphatic rings. The van der Waals surface area contributed by atoms with E-state index >= 15 is 0 Å². The van der Waals surface area contributed by atoms with E-state index in [0.29, 0.717) is 12.5 Å². The van der Waals surface area contributed by atoms with Crippen LogP contribution in [0.2, 0.25) is 0 Å². The van der Waals surface area contributed by atoms with E-state index in [4.69, 9.17) is 10.5 Å². The Bertz CT molecular complexity index is 687. The molecule has 2 aromatic carbocycles. The molecule has 4 nitrogen and oxygen atoms in total. The zero-order valence-corrected chi connectivity index (χ0v) is 13.2. The van der Waals surface area contributed by atoms with E-state index in [9.17, 15) is 0 Å². The second-order valence-electron chi connectivity index (χ2n) is 4.78. The SMILES string of the molecule is COc1ccccc1C1CN=C(N)N1c1ccccc1Br. The van der Waals surface area contributed by atoms with Crippen LogP contribution in [0.15, 0.2) is 58.0 Å². The molecule has 108 valence electrons. The maximum absolute atomic E-state index is 6.11. The zero-order valence-electron chi connectivity index (χ0n) is 11.7. The quantitative estimate of drug-likeness (QED) is 0.928. The lowest BCUT2D eigenvalue weighted by molar-refractivity contribution is 0.406. The standard InChI is InChI=1S/C16H16BrN3O/c1-21-15-9-5-2-6-11(15)14-10-19-16(18)20(14)13-8-4-3-7-12(13)17/h2-9,14H,10H2,1H3,(H2,18,19). The van der Waals surface area contributed by atoms with Crippen LogP contribution in [0.3, 0.4) is 0 Å². The van der Waals surface area contributed by atoms with Gasteiger partial charge in [0.1, 0.15) is 5.75 Å². The highest BCUT2D eigenvalue weighted by molar-refractivity contribution is 9.10. The summed E-state index contributed by atoms with van der Waals surface area (Å²) in [7, 11) is 1.68. The van der Waals surface area contributed by atoms with E-state index in [2.05, 4.69) is 27.0 Å². The summed E-state index contributed by atoms with van der Waals surface area (Å²) in [4.78, 5) is 6.46. The molecule has 2 aromatic rings. The Morgan fingerprint density at radius 3 is 2.67 bits per heavy atom. The predicted molar refractivity (Wildman–Crippen MR) is 88.8 cm³/mol. The molecule has 0 aliphatic carbocycles. The topological polar surface area (TPSA) is 50.9 Å². The average molecular weight is 346 g/mol. The summed E-state index contributed by atoms with van der Waals surface area (Å²) in [5.41, 5.74) is 8.20. The first-order valence-electron chi connectivity index (χ1n) is 6.69. The molecule has 1 aliphatic heterocycles. The Balaban J connectivity index is 2.06. The maximum atomic E-state index is 6.11. The first kappa shape index (κ1) is 13.9. The van der Waals surface area contributed by atoms with E-state index in [1.54, 1.807) is 7.11 Å². The van der Waals surface area contributed by atoms with E-state index in [1.165, 1.54) is 0 Å². The second kappa shape index (κ2) is 5.77. The average Bonchev–Trinajstić information content (AvgIpc) is 2.89. The number of para-hydroxylation sites is 2. The normalized spacial score (nSPS) is 17.7. The van der Waals surface area contributed by atoms with Crippen molar-refractivity contribution in [3.8, 4) is 5.75 Å². The van der Waals surface area contributed by atoms with Crippen molar-refractivity contribution in [1.29, 1.82) is 0 Å². The van der Waals surface area contributed by atoms with Crippen molar-refractivity contribution in [3.63, 3.8) is 0 Å². The highest BCUT2D eigenvalue weighted by Crippen LogP contribution is 2.38. The fourth-order valence-corrected chi connectivity index (χ4v) is 3.09. The zero-order chi connectivity index (χ0) is 14.8. The summed E-state index contributed by atoms with van der Waals surface area (Å²) < 4.78 is 6.47. The lowest BCUT2D eigenvalue weighted by Gasteiger charge is -2.28. The third-order valence-corrected chi connectivity index (χ3v) is 4.27. The van der Waals surface area contributed by atoms with E-state index in [0.717, 1.165) is 21.5 Å². The van der Waals surface area contributed by atoms with Crippen LogP contribution in [0.5, 0.6) is 5.75 Å². The van der Waals surface area contributed by atoms with Crippen molar-refractivity contribution >= 4 is 27.6 Å². The molecule has 0 bridgehead atoms. The Morgan fingerprint density at radius 2 is 1.90 bits per heavy atom. The molecule has 1 heterocycles. The van der Waals surface area contributed by atoms with Gasteiger partial charge < -0.3 is 15.4 Å². The minimum Gasteiger partial charge on any atom is -0.496 e. The van der Waals surface area contributed by atoms with Crippen molar-refractivity contribution in [2.75, 3.05) is 18.6 Å². The smallest absolute Gasteiger partial charge is 0.196 e. The summed E-state index contributed by atoms with van der Waals surface area (Å²) >= 11 is 3.59. The number of guanidine groups is 1. The first-order valence-corrected chi connectivity index (χ1v) is 7.48. The number of benzene rings is 2. The molecule has 1 atom stereocenters. The molecule has 0 aromatic heterocycles. The number of ether oxygens (including phenoxy) is 1. The number of hydrogen-bond acceptors (Lipinski definition) is 4. The van der Waals surface area contributed by atoms with Gasteiger partial charge in [-0.25, -0.2) is 0 Å². The third kappa shape index (κ3) is 2.49. The van der Waals surface area contributed by atoms with Crippen LogP contribution in [0, 0.1) is 0 Å². The molecule has 3 rings (SSSR count). The lowest BCUT2D eigenvalue weighted by Crippen LogP contribution is -2.36. The van der Waals surface area contributed by atoms with Crippen molar-refractivity contribution in [2.24, 2.45) is 10.7 Å². The van der Waals surface area contributed by atoms with Gasteiger partial charge in [0, 0.05) is 10.0 Å². The molecule has 0 saturated heterocycles. The van der Waals surface area contributed by atoms with Crippen LogP contribution in [0.25, 0.3) is 0 Å². The van der Waals surface area contributed by atoms with E-state index in [-0.39, 0.29) is 6.04 Å². The first-order chi connectivity index (χ1) is 10.2. The van der Waals surface area contributed by atoms with Crippen molar-refractivity contribution in [3.05, 3.63) is 58.6 Å². The van der Waals surface area contributed by atoms with E-state index in [1.807, 2.05) is 47.4 Å². The van der Waals surface area contributed by atoms with Gasteiger partial charge in [-0.1, -0.05) is 30.3 Å². The molecular weight excluding hydrogens is 330 g/mol. The number of nitrogens with zero attached hydrogens (tertiary/aromatic N) is 2. The fraction of sp³-hybridized carbons (Fsp3) is 0.188. The number of anilines is 1. The number of halogens is 1. The van der Waals surface area contributed by atoms with Crippen LogP contribution in [-0.2, 0) is 0 Å². The summed E-state index contributed by atoms with van der Waals surface area (Å²) in [5.74, 6) is 1.38. The third-order valence-electron chi connectivity index (χ3n) is 3.59. The number of hydrogen-bond donors (Lipinski definition) is 1. The van der Waals surface area contributed by atoms with Gasteiger partial charge in [-0.3, -0.25) is 4.99 Å². The number of methoxy groups -OCH3 is 1. The van der Waals surface area contributed by atoms with E-state index < -0.39 is 0 Å². The Morgan fingerprint density at radius 1 is 1.19 bits per heavy atom. The highest BCUT2D eigenvalue weighted by atomic mass is 79.9. The molecule has 5 heteroatoms. The summed E-state index contributed by atoms with van der Waals surface area (Å²) in [6.45, 7) is 0.619. The number of nitrogens with two attached hydrogens (primary N) is 1. The Labute approximate surface area is 132 Å². The molecule has 2 N–H and O–H groups in total. The minimum absolute atomic E-state index is 0.0415. The number of rotatable bonds is 3. The molecule has 0 amide bonds. The van der Waals surface area contributed by atoms with Crippen LogP contribution < -0.4 is 15.4 Å². The van der Waals surface area contributed by atoms with Gasteiger partial charge >= 0.3 is 0 Å². The second-order valence-corrected chi connectivity index (χ2v) is 5.63. The van der Waals surface area contributed by atoms with Gasteiger partial charge in [0.25, 0.3) is 0 Å². The molecule has 0 fully saturated rings. The van der Waals surface area contributed by atoms with Gasteiger partial charge in [-0.2, -0.15) is 0 Å². The maximum Gasteiger partial charge on any atom is 0.196 e. The molecule has 1 unspecified atom stereocenters. The summed E-state index contributed by atoms with van der Waals surface area (Å²) in [5, 5.41) is 0. The van der Waals surface area contributed by atoms with Gasteiger partial charge in [-0.05, 0) is 34.1 Å². The molecule has 0 spiro atoms. The van der Waals surface area contributed by atoms with Crippen molar-refractivity contribution in [2.45, 2.75) is 6.04 Å². The van der Waals surface area contributed by atoms with Gasteiger partial charge in [-0.15, -0.1) is 0 Å². The lowest BCUT2D eigenvalue weighted by atomic mass is 10.0. The van der Waals surface area contributed by atoms with Gasteiger partial charge in [0.15, 0.2) is 5.96 Å². The predicted octanol–water partition coefficient (Wildman–Crippen LogP) is 3.33. The van der Waals surface area contributed by atoms with Crippen LogP contribution in [0.1, 0.15) is 11.6 Å². The number of aliphatic imine (C=N–C) groups is 1. The van der Waals surface area contributed by atoms with Crippen molar-refractivity contribution in [1.82, 2.24) is 0 Å². The summed E-state index contributed by atoms with van der Waals surface area (Å²) in [6, 6.07) is 16.0. The summed E-state index contributed by atoms with van der Waals surface area (Å²) in [6.07, 6.45) is 0. The highest BCUT2D eigenvalue weighted by Gasteiger charge is 2.31. The Hall–Kier alpha value is -2.01. The molecule has 0 radical (unpaired) electrons.